The van der Waals surface area contributed by atoms with Crippen molar-refractivity contribution < 1.29 is 19.1 Å². The molecule has 0 saturated carbocycles. The number of hydrazine groups is 1. The monoisotopic (exact) mass is 491 g/mol. The lowest BCUT2D eigenvalue weighted by Gasteiger charge is -2.11. The van der Waals surface area contributed by atoms with Crippen LogP contribution in [0.5, 0.6) is 11.5 Å². The first-order valence-electron chi connectivity index (χ1n) is 9.04. The molecule has 0 aliphatic heterocycles. The average molecular weight is 492 g/mol. The minimum Gasteiger partial charge on any atom is -0.497 e. The van der Waals surface area contributed by atoms with Crippen LogP contribution in [0, 0.1) is 0 Å². The first kappa shape index (κ1) is 23.4. The van der Waals surface area contributed by atoms with Crippen LogP contribution in [-0.4, -0.2) is 30.6 Å². The lowest BCUT2D eigenvalue weighted by atomic mass is 10.2. The van der Waals surface area contributed by atoms with Crippen molar-refractivity contribution >= 4 is 51.2 Å². The average Bonchev–Trinajstić information content (AvgIpc) is 2.75. The molecule has 2 aromatic rings. The normalized spacial score (nSPS) is 10.4. The highest BCUT2D eigenvalue weighted by molar-refractivity contribution is 9.10. The summed E-state index contributed by atoms with van der Waals surface area (Å²) in [5, 5.41) is 2.39. The van der Waals surface area contributed by atoms with Gasteiger partial charge in [-0.2, -0.15) is 0 Å². The van der Waals surface area contributed by atoms with Crippen LogP contribution in [0.3, 0.4) is 0 Å². The molecule has 0 spiro atoms. The van der Waals surface area contributed by atoms with Crippen molar-refractivity contribution in [2.24, 2.45) is 0 Å². The summed E-state index contributed by atoms with van der Waals surface area (Å²) in [6.45, 7) is 1.84. The van der Waals surface area contributed by atoms with Crippen molar-refractivity contribution in [1.29, 1.82) is 0 Å². The van der Waals surface area contributed by atoms with Gasteiger partial charge in [-0.25, -0.2) is 0 Å². The van der Waals surface area contributed by atoms with Crippen molar-refractivity contribution in [2.45, 2.75) is 13.3 Å². The highest BCUT2D eigenvalue weighted by Gasteiger charge is 2.07. The summed E-state index contributed by atoms with van der Waals surface area (Å²) in [5.74, 6) is 0.398. The lowest BCUT2D eigenvalue weighted by Crippen LogP contribution is -2.49. The van der Waals surface area contributed by atoms with Gasteiger partial charge in [-0.3, -0.25) is 25.8 Å². The van der Waals surface area contributed by atoms with Crippen LogP contribution in [0.2, 0.25) is 0 Å². The Balaban J connectivity index is 1.72. The second kappa shape index (κ2) is 11.9. The van der Waals surface area contributed by atoms with Crippen molar-refractivity contribution in [3.05, 3.63) is 64.1 Å². The molecule has 9 heteroatoms. The van der Waals surface area contributed by atoms with E-state index in [0.29, 0.717) is 5.75 Å². The third kappa shape index (κ3) is 7.84. The molecule has 0 bridgehead atoms. The zero-order chi connectivity index (χ0) is 21.9. The van der Waals surface area contributed by atoms with E-state index in [1.165, 1.54) is 6.08 Å². The van der Waals surface area contributed by atoms with Crippen molar-refractivity contribution in [3.63, 3.8) is 0 Å². The molecule has 158 valence electrons. The van der Waals surface area contributed by atoms with Crippen molar-refractivity contribution in [3.8, 4) is 11.5 Å². The molecular formula is C21H22BrN3O4S. The van der Waals surface area contributed by atoms with Gasteiger partial charge in [-0.15, -0.1) is 0 Å². The fraction of sp³-hybridized carbons (Fsp3) is 0.190. The highest BCUT2D eigenvalue weighted by Crippen LogP contribution is 2.26. The molecule has 2 rings (SSSR count). The van der Waals surface area contributed by atoms with E-state index in [9.17, 15) is 9.59 Å². The van der Waals surface area contributed by atoms with Crippen LogP contribution < -0.4 is 25.6 Å². The van der Waals surface area contributed by atoms with Gasteiger partial charge in [-0.05, 0) is 76.0 Å². The Hall–Kier alpha value is -2.91. The number of aryl methyl sites for hydroxylation is 1. The molecule has 30 heavy (non-hydrogen) atoms. The second-order valence-corrected chi connectivity index (χ2v) is 7.27. The number of amides is 2. The molecule has 2 amide bonds. The van der Waals surface area contributed by atoms with Gasteiger partial charge in [0.05, 0.1) is 11.6 Å². The molecule has 0 saturated heterocycles. The number of rotatable bonds is 7. The van der Waals surface area contributed by atoms with Gasteiger partial charge in [0.2, 0.25) is 5.91 Å². The number of hydrogen-bond acceptors (Lipinski definition) is 5. The molecule has 0 aliphatic carbocycles. The molecule has 0 aromatic heterocycles. The van der Waals surface area contributed by atoms with E-state index in [4.69, 9.17) is 21.7 Å². The van der Waals surface area contributed by atoms with Gasteiger partial charge in [-0.1, -0.05) is 25.1 Å². The standard InChI is InChI=1S/C21H22BrN3O4S/c1-3-14-6-10-18(17(22)12-14)29-13-20(27)24-25-21(30)23-19(26)11-7-15-4-8-16(28-2)9-5-15/h4-12H,3,13H2,1-2H3,(H,24,27)(H2,23,25,26,30). The number of carbonyl (C=O) groups is 2. The summed E-state index contributed by atoms with van der Waals surface area (Å²) in [6, 6.07) is 12.9. The van der Waals surface area contributed by atoms with Crippen LogP contribution in [0.4, 0.5) is 0 Å². The van der Waals surface area contributed by atoms with Gasteiger partial charge < -0.3 is 9.47 Å². The van der Waals surface area contributed by atoms with Crippen molar-refractivity contribution in [1.82, 2.24) is 16.2 Å². The highest BCUT2D eigenvalue weighted by atomic mass is 79.9. The van der Waals surface area contributed by atoms with Gasteiger partial charge in [0.1, 0.15) is 11.5 Å². The van der Waals surface area contributed by atoms with E-state index < -0.39 is 11.8 Å². The number of thiocarbonyl (C=S) groups is 1. The predicted molar refractivity (Wildman–Crippen MR) is 123 cm³/mol. The van der Waals surface area contributed by atoms with Crippen LogP contribution in [0.1, 0.15) is 18.1 Å². The first-order chi connectivity index (χ1) is 14.4. The molecule has 0 fully saturated rings. The van der Waals surface area contributed by atoms with E-state index in [1.54, 1.807) is 31.4 Å². The zero-order valence-corrected chi connectivity index (χ0v) is 18.9. The molecule has 7 nitrogen and oxygen atoms in total. The van der Waals surface area contributed by atoms with Gasteiger partial charge in [0, 0.05) is 6.08 Å². The number of carbonyl (C=O) groups excluding carboxylic acids is 2. The SMILES string of the molecule is CCc1ccc(OCC(=O)NNC(=S)NC(=O)C=Cc2ccc(OC)cc2)c(Br)c1. The molecular weight excluding hydrogens is 470 g/mol. The Morgan fingerprint density at radius 3 is 2.50 bits per heavy atom. The maximum atomic E-state index is 11.9. The van der Waals surface area contributed by atoms with E-state index in [1.807, 2.05) is 24.3 Å². The lowest BCUT2D eigenvalue weighted by molar-refractivity contribution is -0.123. The van der Waals surface area contributed by atoms with Gasteiger partial charge >= 0.3 is 0 Å². The van der Waals surface area contributed by atoms with Crippen molar-refractivity contribution in [2.75, 3.05) is 13.7 Å². The number of nitrogens with one attached hydrogen (secondary N) is 3. The largest absolute Gasteiger partial charge is 0.497 e. The Kier molecular flexibility index (Phi) is 9.30. The Bertz CT molecular complexity index is 932. The first-order valence-corrected chi connectivity index (χ1v) is 10.2. The molecule has 0 heterocycles. The smallest absolute Gasteiger partial charge is 0.276 e. The van der Waals surface area contributed by atoms with E-state index >= 15 is 0 Å². The number of ether oxygens (including phenoxy) is 2. The number of hydrogen-bond donors (Lipinski definition) is 3. The molecule has 3 N–H and O–H groups in total. The molecule has 0 radical (unpaired) electrons. The molecule has 0 aliphatic rings. The minimum absolute atomic E-state index is 0.0405. The number of halogens is 1. The van der Waals surface area contributed by atoms with E-state index in [2.05, 4.69) is 39.0 Å². The molecule has 0 unspecified atom stereocenters. The molecule has 0 atom stereocenters. The summed E-state index contributed by atoms with van der Waals surface area (Å²) < 4.78 is 11.3. The fourth-order valence-corrected chi connectivity index (χ4v) is 2.95. The van der Waals surface area contributed by atoms with E-state index in [0.717, 1.165) is 27.8 Å². The summed E-state index contributed by atoms with van der Waals surface area (Å²) in [4.78, 5) is 23.8. The Morgan fingerprint density at radius 2 is 1.87 bits per heavy atom. The predicted octanol–water partition coefficient (Wildman–Crippen LogP) is 3.13. The third-order valence-corrected chi connectivity index (χ3v) is 4.68. The number of benzene rings is 2. The Morgan fingerprint density at radius 1 is 1.13 bits per heavy atom. The summed E-state index contributed by atoms with van der Waals surface area (Å²) >= 11 is 8.39. The van der Waals surface area contributed by atoms with Crippen LogP contribution in [-0.2, 0) is 16.0 Å². The quantitative estimate of drug-likeness (QED) is 0.313. The zero-order valence-electron chi connectivity index (χ0n) is 16.5. The Labute approximate surface area is 188 Å². The van der Waals surface area contributed by atoms with Crippen LogP contribution >= 0.6 is 28.1 Å². The van der Waals surface area contributed by atoms with Crippen LogP contribution in [0.25, 0.3) is 6.08 Å². The second-order valence-electron chi connectivity index (χ2n) is 6.01. The molecule has 2 aromatic carbocycles. The fourth-order valence-electron chi connectivity index (χ4n) is 2.26. The van der Waals surface area contributed by atoms with E-state index in [-0.39, 0.29) is 11.7 Å². The maximum Gasteiger partial charge on any atom is 0.276 e. The third-order valence-electron chi connectivity index (χ3n) is 3.86. The van der Waals surface area contributed by atoms with Gasteiger partial charge in [0.15, 0.2) is 11.7 Å². The topological polar surface area (TPSA) is 88.7 Å². The maximum absolute atomic E-state index is 11.9. The van der Waals surface area contributed by atoms with Crippen LogP contribution in [0.15, 0.2) is 53.0 Å². The van der Waals surface area contributed by atoms with Gasteiger partial charge in [0.25, 0.3) is 5.91 Å². The summed E-state index contributed by atoms with van der Waals surface area (Å²) in [5.41, 5.74) is 6.80. The minimum atomic E-state index is -0.452. The number of methoxy groups -OCH3 is 1. The summed E-state index contributed by atoms with van der Waals surface area (Å²) in [6.07, 6.45) is 3.87. The summed E-state index contributed by atoms with van der Waals surface area (Å²) in [7, 11) is 1.58.